The molecule has 0 aliphatic carbocycles. The van der Waals surface area contributed by atoms with Gasteiger partial charge >= 0.3 is 6.18 Å². The molecule has 1 aliphatic heterocycles. The number of piperazine rings is 1. The number of likely N-dealkylation sites (N-methyl/N-ethyl adjacent to an activating group) is 1. The van der Waals surface area contributed by atoms with Crippen LogP contribution in [0.15, 0.2) is 18.2 Å². The number of methoxy groups -OCH3 is 2. The molecule has 0 spiro atoms. The van der Waals surface area contributed by atoms with Gasteiger partial charge in [-0.1, -0.05) is 0 Å². The van der Waals surface area contributed by atoms with Crippen LogP contribution in [0.5, 0.6) is 11.5 Å². The lowest BCUT2D eigenvalue weighted by atomic mass is 10.1. The Hall–Kier alpha value is -2.22. The molecule has 1 saturated heterocycles. The lowest BCUT2D eigenvalue weighted by Crippen LogP contribution is -2.44. The number of anilines is 1. The third-order valence-corrected chi connectivity index (χ3v) is 4.42. The molecular weight excluding hydrogens is 335 g/mol. The molecule has 2 aromatic rings. The molecule has 0 atom stereocenters. The van der Waals surface area contributed by atoms with Crippen LogP contribution in [0.25, 0.3) is 10.9 Å². The van der Waals surface area contributed by atoms with Crippen molar-refractivity contribution in [1.29, 1.82) is 0 Å². The summed E-state index contributed by atoms with van der Waals surface area (Å²) in [6.07, 6.45) is -4.53. The SMILES string of the molecule is COc1cc(OC)c2nc(C(F)(F)F)cc(N3CCN(C)CC3)c2c1. The number of aromatic nitrogens is 1. The Morgan fingerprint density at radius 1 is 1.00 bits per heavy atom. The third kappa shape index (κ3) is 3.44. The predicted octanol–water partition coefficient (Wildman–Crippen LogP) is 3.02. The van der Waals surface area contributed by atoms with E-state index in [1.54, 1.807) is 12.1 Å². The molecule has 0 N–H and O–H groups in total. The number of rotatable bonds is 3. The van der Waals surface area contributed by atoms with Gasteiger partial charge in [-0.15, -0.1) is 0 Å². The molecule has 2 heterocycles. The van der Waals surface area contributed by atoms with Gasteiger partial charge in [0.1, 0.15) is 22.7 Å². The van der Waals surface area contributed by atoms with Gasteiger partial charge in [0.2, 0.25) is 0 Å². The van der Waals surface area contributed by atoms with Crippen molar-refractivity contribution in [1.82, 2.24) is 9.88 Å². The molecule has 1 aromatic carbocycles. The van der Waals surface area contributed by atoms with Crippen molar-refractivity contribution in [2.45, 2.75) is 6.18 Å². The van der Waals surface area contributed by atoms with E-state index in [-0.39, 0.29) is 11.3 Å². The maximum Gasteiger partial charge on any atom is 0.433 e. The summed E-state index contributed by atoms with van der Waals surface area (Å²) in [6.45, 7) is 2.86. The standard InChI is InChI=1S/C17H20F3N3O2/c1-22-4-6-23(7-5-22)13-10-15(17(18,19)20)21-16-12(13)8-11(24-2)9-14(16)25-3/h8-10H,4-7H2,1-3H3. The summed E-state index contributed by atoms with van der Waals surface area (Å²) in [7, 11) is 4.91. The molecule has 0 radical (unpaired) electrons. The fraction of sp³-hybridized carbons (Fsp3) is 0.471. The lowest BCUT2D eigenvalue weighted by Gasteiger charge is -2.35. The molecule has 1 aromatic heterocycles. The Bertz CT molecular complexity index is 772. The highest BCUT2D eigenvalue weighted by Crippen LogP contribution is 2.40. The summed E-state index contributed by atoms with van der Waals surface area (Å²) >= 11 is 0. The number of benzene rings is 1. The van der Waals surface area contributed by atoms with Gasteiger partial charge in [0.05, 0.1) is 14.2 Å². The van der Waals surface area contributed by atoms with Crippen molar-refractivity contribution >= 4 is 16.6 Å². The second-order valence-electron chi connectivity index (χ2n) is 6.04. The van der Waals surface area contributed by atoms with Crippen molar-refractivity contribution in [3.63, 3.8) is 0 Å². The summed E-state index contributed by atoms with van der Waals surface area (Å²) < 4.78 is 50.6. The van der Waals surface area contributed by atoms with E-state index in [4.69, 9.17) is 9.47 Å². The molecule has 0 saturated carbocycles. The number of fused-ring (bicyclic) bond motifs is 1. The Morgan fingerprint density at radius 3 is 2.24 bits per heavy atom. The first-order valence-electron chi connectivity index (χ1n) is 7.91. The van der Waals surface area contributed by atoms with E-state index in [1.165, 1.54) is 14.2 Å². The van der Waals surface area contributed by atoms with Crippen LogP contribution in [0.4, 0.5) is 18.9 Å². The largest absolute Gasteiger partial charge is 0.497 e. The average Bonchev–Trinajstić information content (AvgIpc) is 2.59. The van der Waals surface area contributed by atoms with E-state index >= 15 is 0 Å². The second-order valence-corrected chi connectivity index (χ2v) is 6.04. The molecule has 1 fully saturated rings. The first-order chi connectivity index (χ1) is 11.8. The second kappa shape index (κ2) is 6.59. The van der Waals surface area contributed by atoms with E-state index in [9.17, 15) is 13.2 Å². The number of hydrogen-bond donors (Lipinski definition) is 0. The maximum absolute atomic E-state index is 13.4. The van der Waals surface area contributed by atoms with Gasteiger partial charge in [0, 0.05) is 43.3 Å². The lowest BCUT2D eigenvalue weighted by molar-refractivity contribution is -0.140. The molecule has 0 amide bonds. The van der Waals surface area contributed by atoms with Crippen LogP contribution in [0, 0.1) is 0 Å². The summed E-state index contributed by atoms with van der Waals surface area (Å²) in [5, 5.41) is 0.591. The number of pyridine rings is 1. The Kier molecular flexibility index (Phi) is 4.64. The minimum Gasteiger partial charge on any atom is -0.497 e. The quantitative estimate of drug-likeness (QED) is 0.846. The fourth-order valence-electron chi connectivity index (χ4n) is 2.98. The first kappa shape index (κ1) is 17.6. The topological polar surface area (TPSA) is 37.8 Å². The van der Waals surface area contributed by atoms with Crippen molar-refractivity contribution in [3.8, 4) is 11.5 Å². The highest BCUT2D eigenvalue weighted by Gasteiger charge is 2.34. The minimum atomic E-state index is -4.53. The van der Waals surface area contributed by atoms with Crippen molar-refractivity contribution in [3.05, 3.63) is 23.9 Å². The molecule has 5 nitrogen and oxygen atoms in total. The zero-order chi connectivity index (χ0) is 18.2. The van der Waals surface area contributed by atoms with Gasteiger partial charge in [-0.05, 0) is 19.2 Å². The fourth-order valence-corrected chi connectivity index (χ4v) is 2.98. The summed E-state index contributed by atoms with van der Waals surface area (Å²) in [4.78, 5) is 7.92. The van der Waals surface area contributed by atoms with Crippen LogP contribution < -0.4 is 14.4 Å². The van der Waals surface area contributed by atoms with Gasteiger partial charge in [-0.3, -0.25) is 0 Å². The summed E-state index contributed by atoms with van der Waals surface area (Å²) in [6, 6.07) is 4.37. The molecule has 0 unspecified atom stereocenters. The monoisotopic (exact) mass is 355 g/mol. The molecule has 25 heavy (non-hydrogen) atoms. The number of halogens is 3. The Balaban J connectivity index is 2.24. The summed E-state index contributed by atoms with van der Waals surface area (Å²) in [5.41, 5.74) is -0.230. The van der Waals surface area contributed by atoms with E-state index in [0.717, 1.165) is 19.2 Å². The maximum atomic E-state index is 13.4. The predicted molar refractivity (Wildman–Crippen MR) is 89.6 cm³/mol. The first-order valence-corrected chi connectivity index (χ1v) is 7.91. The van der Waals surface area contributed by atoms with Gasteiger partial charge < -0.3 is 19.3 Å². The van der Waals surface area contributed by atoms with Crippen LogP contribution >= 0.6 is 0 Å². The third-order valence-electron chi connectivity index (χ3n) is 4.42. The summed E-state index contributed by atoms with van der Waals surface area (Å²) in [5.74, 6) is 0.775. The Morgan fingerprint density at radius 2 is 1.68 bits per heavy atom. The number of nitrogens with zero attached hydrogens (tertiary/aromatic N) is 3. The van der Waals surface area contributed by atoms with Crippen molar-refractivity contribution < 1.29 is 22.6 Å². The highest BCUT2D eigenvalue weighted by atomic mass is 19.4. The number of alkyl halides is 3. The van der Waals surface area contributed by atoms with Crippen molar-refractivity contribution in [2.24, 2.45) is 0 Å². The highest BCUT2D eigenvalue weighted by molar-refractivity contribution is 5.97. The van der Waals surface area contributed by atoms with Crippen LogP contribution in [0.3, 0.4) is 0 Å². The van der Waals surface area contributed by atoms with Gasteiger partial charge in [-0.2, -0.15) is 13.2 Å². The van der Waals surface area contributed by atoms with Crippen LogP contribution in [-0.4, -0.2) is 57.3 Å². The van der Waals surface area contributed by atoms with E-state index in [1.807, 2.05) is 11.9 Å². The van der Waals surface area contributed by atoms with Crippen LogP contribution in [-0.2, 0) is 6.18 Å². The Labute approximate surface area is 143 Å². The average molecular weight is 355 g/mol. The van der Waals surface area contributed by atoms with Crippen molar-refractivity contribution in [2.75, 3.05) is 52.3 Å². The van der Waals surface area contributed by atoms with Gasteiger partial charge in [-0.25, -0.2) is 4.98 Å². The zero-order valence-electron chi connectivity index (χ0n) is 14.4. The van der Waals surface area contributed by atoms with E-state index < -0.39 is 11.9 Å². The van der Waals surface area contributed by atoms with E-state index in [0.29, 0.717) is 29.9 Å². The van der Waals surface area contributed by atoms with Crippen LogP contribution in [0.2, 0.25) is 0 Å². The minimum absolute atomic E-state index is 0.187. The molecule has 0 bridgehead atoms. The molecule has 1 aliphatic rings. The van der Waals surface area contributed by atoms with Gasteiger partial charge in [0.15, 0.2) is 0 Å². The van der Waals surface area contributed by atoms with Crippen LogP contribution in [0.1, 0.15) is 5.69 Å². The molecular formula is C17H20F3N3O2. The molecule has 8 heteroatoms. The van der Waals surface area contributed by atoms with Gasteiger partial charge in [0.25, 0.3) is 0 Å². The molecule has 136 valence electrons. The number of ether oxygens (including phenoxy) is 2. The molecule has 3 rings (SSSR count). The smallest absolute Gasteiger partial charge is 0.433 e. The zero-order valence-corrected chi connectivity index (χ0v) is 14.4. The normalized spacial score (nSPS) is 16.3. The van der Waals surface area contributed by atoms with E-state index in [2.05, 4.69) is 9.88 Å². The number of hydrogen-bond acceptors (Lipinski definition) is 5.